The fraction of sp³-hybridized carbons (Fsp3) is 0. The molecule has 0 spiro atoms. The third-order valence-corrected chi connectivity index (χ3v) is 1.58. The molecule has 0 fully saturated rings. The third-order valence-electron chi connectivity index (χ3n) is 1.58. The van der Waals surface area contributed by atoms with Crippen LogP contribution in [0.4, 0.5) is 4.39 Å². The number of aldehydes is 1. The SMILES string of the molecule is N=CC(=N)c1ccc(F)c(C=O)c1. The van der Waals surface area contributed by atoms with E-state index in [4.69, 9.17) is 10.8 Å². The largest absolute Gasteiger partial charge is 0.307 e. The molecular weight excluding hydrogens is 171 g/mol. The molecule has 0 saturated heterocycles. The van der Waals surface area contributed by atoms with E-state index in [1.54, 1.807) is 0 Å². The maximum absolute atomic E-state index is 12.8. The summed E-state index contributed by atoms with van der Waals surface area (Å²) in [5.74, 6) is -0.614. The van der Waals surface area contributed by atoms with Crippen LogP contribution in [0.15, 0.2) is 18.2 Å². The highest BCUT2D eigenvalue weighted by molar-refractivity contribution is 6.35. The maximum atomic E-state index is 12.8. The average molecular weight is 178 g/mol. The van der Waals surface area contributed by atoms with E-state index in [1.807, 2.05) is 0 Å². The van der Waals surface area contributed by atoms with Crippen molar-refractivity contribution in [3.8, 4) is 0 Å². The quantitative estimate of drug-likeness (QED) is 0.536. The molecule has 1 aromatic rings. The van der Waals surface area contributed by atoms with Crippen LogP contribution in [-0.4, -0.2) is 18.2 Å². The molecule has 0 unspecified atom stereocenters. The van der Waals surface area contributed by atoms with Crippen molar-refractivity contribution in [1.82, 2.24) is 0 Å². The van der Waals surface area contributed by atoms with Gasteiger partial charge in [0.1, 0.15) is 5.82 Å². The van der Waals surface area contributed by atoms with Crippen molar-refractivity contribution in [3.05, 3.63) is 35.1 Å². The minimum atomic E-state index is -0.614. The highest BCUT2D eigenvalue weighted by Crippen LogP contribution is 2.08. The predicted molar refractivity (Wildman–Crippen MR) is 47.4 cm³/mol. The zero-order valence-electron chi connectivity index (χ0n) is 6.67. The van der Waals surface area contributed by atoms with Crippen LogP contribution < -0.4 is 0 Å². The molecule has 1 aromatic carbocycles. The van der Waals surface area contributed by atoms with E-state index in [9.17, 15) is 9.18 Å². The number of carbonyl (C=O) groups excluding carboxylic acids is 1. The number of carbonyl (C=O) groups is 1. The molecule has 2 N–H and O–H groups in total. The Kier molecular flexibility index (Phi) is 2.64. The van der Waals surface area contributed by atoms with E-state index in [0.717, 1.165) is 12.3 Å². The van der Waals surface area contributed by atoms with Crippen molar-refractivity contribution >= 4 is 18.2 Å². The minimum Gasteiger partial charge on any atom is -0.307 e. The molecule has 0 bridgehead atoms. The van der Waals surface area contributed by atoms with E-state index < -0.39 is 5.82 Å². The summed E-state index contributed by atoms with van der Waals surface area (Å²) in [7, 11) is 0. The normalized spacial score (nSPS) is 9.31. The Morgan fingerprint density at radius 2 is 2.15 bits per heavy atom. The molecule has 0 radical (unpaired) electrons. The van der Waals surface area contributed by atoms with Gasteiger partial charge in [0.25, 0.3) is 0 Å². The summed E-state index contributed by atoms with van der Waals surface area (Å²) < 4.78 is 12.8. The Hall–Kier alpha value is -1.84. The summed E-state index contributed by atoms with van der Waals surface area (Å²) in [6.07, 6.45) is 1.22. The lowest BCUT2D eigenvalue weighted by Gasteiger charge is -1.99. The minimum absolute atomic E-state index is 0.0527. The molecule has 3 nitrogen and oxygen atoms in total. The average Bonchev–Trinajstić information content (AvgIpc) is 2.17. The number of rotatable bonds is 3. The molecule has 0 aliphatic carbocycles. The number of nitrogens with one attached hydrogen (secondary N) is 2. The Bertz CT molecular complexity index is 374. The van der Waals surface area contributed by atoms with Crippen molar-refractivity contribution in [2.45, 2.75) is 0 Å². The monoisotopic (exact) mass is 178 g/mol. The maximum Gasteiger partial charge on any atom is 0.153 e. The highest BCUT2D eigenvalue weighted by atomic mass is 19.1. The molecule has 0 amide bonds. The number of hydrogen-bond donors (Lipinski definition) is 2. The highest BCUT2D eigenvalue weighted by Gasteiger charge is 2.04. The lowest BCUT2D eigenvalue weighted by atomic mass is 10.1. The number of halogens is 1. The van der Waals surface area contributed by atoms with Gasteiger partial charge in [-0.3, -0.25) is 10.2 Å². The van der Waals surface area contributed by atoms with Crippen molar-refractivity contribution in [1.29, 1.82) is 10.8 Å². The van der Waals surface area contributed by atoms with Gasteiger partial charge in [0.05, 0.1) is 11.3 Å². The summed E-state index contributed by atoms with van der Waals surface area (Å²) in [4.78, 5) is 10.3. The van der Waals surface area contributed by atoms with Gasteiger partial charge in [0.15, 0.2) is 6.29 Å². The van der Waals surface area contributed by atoms with Crippen LogP contribution in [0.2, 0.25) is 0 Å². The van der Waals surface area contributed by atoms with Crippen molar-refractivity contribution in [2.24, 2.45) is 0 Å². The van der Waals surface area contributed by atoms with Gasteiger partial charge in [-0.1, -0.05) is 0 Å². The Morgan fingerprint density at radius 3 is 2.69 bits per heavy atom. The summed E-state index contributed by atoms with van der Waals surface area (Å²) in [6, 6.07) is 3.71. The van der Waals surface area contributed by atoms with Gasteiger partial charge in [-0.15, -0.1) is 0 Å². The zero-order valence-corrected chi connectivity index (χ0v) is 6.67. The van der Waals surface area contributed by atoms with Crippen LogP contribution >= 0.6 is 0 Å². The summed E-state index contributed by atoms with van der Waals surface area (Å²) in [6.45, 7) is 0. The van der Waals surface area contributed by atoms with E-state index >= 15 is 0 Å². The summed E-state index contributed by atoms with van der Waals surface area (Å²) >= 11 is 0. The second-order valence-electron chi connectivity index (χ2n) is 2.41. The van der Waals surface area contributed by atoms with Gasteiger partial charge in [0, 0.05) is 11.8 Å². The first-order chi connectivity index (χ1) is 6.19. The van der Waals surface area contributed by atoms with Crippen LogP contribution in [0.3, 0.4) is 0 Å². The fourth-order valence-corrected chi connectivity index (χ4v) is 0.885. The molecule has 0 heterocycles. The van der Waals surface area contributed by atoms with E-state index in [0.29, 0.717) is 11.8 Å². The van der Waals surface area contributed by atoms with E-state index in [1.165, 1.54) is 12.1 Å². The van der Waals surface area contributed by atoms with Crippen LogP contribution in [-0.2, 0) is 0 Å². The standard InChI is InChI=1S/C9H7FN2O/c10-8-2-1-6(9(12)4-11)3-7(8)5-13/h1-5,11-12H. The van der Waals surface area contributed by atoms with Gasteiger partial charge in [-0.25, -0.2) is 4.39 Å². The zero-order chi connectivity index (χ0) is 9.84. The van der Waals surface area contributed by atoms with Crippen molar-refractivity contribution in [2.75, 3.05) is 0 Å². The molecule has 4 heteroatoms. The van der Waals surface area contributed by atoms with Crippen LogP contribution in [0, 0.1) is 16.6 Å². The number of hydrogen-bond acceptors (Lipinski definition) is 3. The van der Waals surface area contributed by atoms with Crippen molar-refractivity contribution < 1.29 is 9.18 Å². The molecule has 66 valence electrons. The van der Waals surface area contributed by atoms with E-state index in [-0.39, 0.29) is 11.3 Å². The van der Waals surface area contributed by atoms with Crippen molar-refractivity contribution in [3.63, 3.8) is 0 Å². The lowest BCUT2D eigenvalue weighted by molar-refractivity contribution is 0.112. The Balaban J connectivity index is 3.20. The van der Waals surface area contributed by atoms with Gasteiger partial charge < -0.3 is 5.41 Å². The van der Waals surface area contributed by atoms with Crippen LogP contribution in [0.25, 0.3) is 0 Å². The molecular formula is C9H7FN2O. The predicted octanol–water partition coefficient (Wildman–Crippen LogP) is 1.66. The molecule has 0 saturated carbocycles. The third kappa shape index (κ3) is 1.84. The molecule has 0 atom stereocenters. The smallest absolute Gasteiger partial charge is 0.153 e. The summed E-state index contributed by atoms with van der Waals surface area (Å²) in [5, 5.41) is 14.0. The lowest BCUT2D eigenvalue weighted by Crippen LogP contribution is -2.01. The van der Waals surface area contributed by atoms with Gasteiger partial charge in [-0.05, 0) is 18.2 Å². The van der Waals surface area contributed by atoms with E-state index in [2.05, 4.69) is 0 Å². The van der Waals surface area contributed by atoms with Gasteiger partial charge >= 0.3 is 0 Å². The fourth-order valence-electron chi connectivity index (χ4n) is 0.885. The first-order valence-electron chi connectivity index (χ1n) is 3.53. The summed E-state index contributed by atoms with van der Waals surface area (Å²) in [5.41, 5.74) is 0.214. The molecule has 0 aliphatic rings. The second kappa shape index (κ2) is 3.71. The Labute approximate surface area is 74.2 Å². The molecule has 1 rings (SSSR count). The first-order valence-corrected chi connectivity index (χ1v) is 3.53. The van der Waals surface area contributed by atoms with Gasteiger partial charge in [0.2, 0.25) is 0 Å². The van der Waals surface area contributed by atoms with Crippen LogP contribution in [0.5, 0.6) is 0 Å². The topological polar surface area (TPSA) is 64.8 Å². The van der Waals surface area contributed by atoms with Crippen LogP contribution in [0.1, 0.15) is 15.9 Å². The second-order valence-corrected chi connectivity index (χ2v) is 2.41. The molecule has 13 heavy (non-hydrogen) atoms. The van der Waals surface area contributed by atoms with Gasteiger partial charge in [-0.2, -0.15) is 0 Å². The Morgan fingerprint density at radius 1 is 1.46 bits per heavy atom. The number of benzene rings is 1. The molecule has 0 aromatic heterocycles. The molecule has 0 aliphatic heterocycles. The first kappa shape index (κ1) is 9.25.